The van der Waals surface area contributed by atoms with Crippen LogP contribution in [0.3, 0.4) is 0 Å². The number of furan rings is 1. The van der Waals surface area contributed by atoms with Gasteiger partial charge < -0.3 is 9.15 Å². The van der Waals surface area contributed by atoms with Crippen molar-refractivity contribution in [2.45, 2.75) is 13.8 Å². The Morgan fingerprint density at radius 2 is 1.88 bits per heavy atom. The maximum absolute atomic E-state index is 12.0. The van der Waals surface area contributed by atoms with Crippen molar-refractivity contribution in [3.63, 3.8) is 0 Å². The van der Waals surface area contributed by atoms with E-state index in [1.165, 1.54) is 26.2 Å². The van der Waals surface area contributed by atoms with Gasteiger partial charge in [-0.2, -0.15) is 5.26 Å². The third kappa shape index (κ3) is 4.05. The van der Waals surface area contributed by atoms with Crippen molar-refractivity contribution in [2.75, 3.05) is 12.4 Å². The average Bonchev–Trinajstić information content (AvgIpc) is 2.94. The smallest absolute Gasteiger partial charge is 0.337 e. The zero-order valence-electron chi connectivity index (χ0n) is 14.5. The largest absolute Gasteiger partial charge is 0.465 e. The molecule has 0 saturated heterocycles. The van der Waals surface area contributed by atoms with Crippen LogP contribution in [-0.4, -0.2) is 24.8 Å². The van der Waals surface area contributed by atoms with Gasteiger partial charge in [0, 0.05) is 6.08 Å². The number of benzene rings is 1. The minimum absolute atomic E-state index is 0.000758. The van der Waals surface area contributed by atoms with Crippen LogP contribution < -0.4 is 5.32 Å². The van der Waals surface area contributed by atoms with E-state index in [0.717, 1.165) is 0 Å². The first-order valence-electron chi connectivity index (χ1n) is 7.59. The number of methoxy groups -OCH3 is 1. The number of carbonyl (C=O) groups excluding carboxylic acids is 3. The van der Waals surface area contributed by atoms with Gasteiger partial charge in [-0.3, -0.25) is 14.9 Å². The van der Waals surface area contributed by atoms with Crippen molar-refractivity contribution in [1.29, 1.82) is 5.26 Å². The Bertz CT molecular complexity index is 930. The number of rotatable bonds is 5. The molecular formula is C19H16N2O5. The molecule has 1 N–H and O–H groups in total. The SMILES string of the molecule is COC(=O)c1ccc(/C=C/C(=O)Nc2oc(C)c(C(C)=O)c2C#N)cc1. The molecule has 0 spiro atoms. The number of anilines is 1. The zero-order valence-corrected chi connectivity index (χ0v) is 14.5. The third-order valence-corrected chi connectivity index (χ3v) is 3.54. The standard InChI is InChI=1S/C19H16N2O5/c1-11(22)17-12(2)26-18(15(17)10-20)21-16(23)9-6-13-4-7-14(8-5-13)19(24)25-3/h4-9H,1-3H3,(H,21,23)/b9-6+. The van der Waals surface area contributed by atoms with Gasteiger partial charge in [0.15, 0.2) is 5.78 Å². The average molecular weight is 352 g/mol. The van der Waals surface area contributed by atoms with Crippen LogP contribution in [0.5, 0.6) is 0 Å². The number of hydrogen-bond acceptors (Lipinski definition) is 6. The van der Waals surface area contributed by atoms with Crippen molar-refractivity contribution in [3.8, 4) is 6.07 Å². The number of aryl methyl sites for hydroxylation is 1. The van der Waals surface area contributed by atoms with Crippen LogP contribution in [0, 0.1) is 18.3 Å². The van der Waals surface area contributed by atoms with E-state index in [4.69, 9.17) is 4.42 Å². The maximum Gasteiger partial charge on any atom is 0.337 e. The molecule has 1 heterocycles. The molecule has 2 aromatic rings. The molecule has 1 aromatic carbocycles. The summed E-state index contributed by atoms with van der Waals surface area (Å²) in [5.41, 5.74) is 1.24. The molecule has 1 aromatic heterocycles. The van der Waals surface area contributed by atoms with Crippen LogP contribution in [0.4, 0.5) is 5.88 Å². The topological polar surface area (TPSA) is 109 Å². The molecule has 0 saturated carbocycles. The summed E-state index contributed by atoms with van der Waals surface area (Å²) in [5.74, 6) is -1.08. The molecule has 0 aliphatic heterocycles. The number of hydrogen-bond donors (Lipinski definition) is 1. The summed E-state index contributed by atoms with van der Waals surface area (Å²) in [5, 5.41) is 11.6. The van der Waals surface area contributed by atoms with Crippen LogP contribution in [0.2, 0.25) is 0 Å². The van der Waals surface area contributed by atoms with E-state index in [0.29, 0.717) is 11.1 Å². The molecule has 0 bridgehead atoms. The summed E-state index contributed by atoms with van der Waals surface area (Å²) in [7, 11) is 1.30. The first-order chi connectivity index (χ1) is 12.4. The Morgan fingerprint density at radius 1 is 1.23 bits per heavy atom. The number of ether oxygens (including phenoxy) is 1. The van der Waals surface area contributed by atoms with Gasteiger partial charge in [0.05, 0.1) is 18.2 Å². The lowest BCUT2D eigenvalue weighted by Crippen LogP contribution is -2.08. The van der Waals surface area contributed by atoms with Gasteiger partial charge in [-0.1, -0.05) is 12.1 Å². The molecule has 0 fully saturated rings. The molecule has 132 valence electrons. The number of nitrogens with one attached hydrogen (secondary N) is 1. The Labute approximate surface area is 149 Å². The second-order valence-electron chi connectivity index (χ2n) is 5.34. The second kappa shape index (κ2) is 7.94. The molecule has 0 atom stereocenters. The predicted molar refractivity (Wildman–Crippen MR) is 93.6 cm³/mol. The molecule has 0 unspecified atom stereocenters. The van der Waals surface area contributed by atoms with Crippen molar-refractivity contribution in [2.24, 2.45) is 0 Å². The first kappa shape index (κ1) is 18.7. The Kier molecular flexibility index (Phi) is 5.71. The lowest BCUT2D eigenvalue weighted by Gasteiger charge is -2.00. The van der Waals surface area contributed by atoms with Gasteiger partial charge in [0.2, 0.25) is 5.88 Å². The fourth-order valence-electron chi connectivity index (χ4n) is 2.34. The number of esters is 1. The minimum atomic E-state index is -0.526. The van der Waals surface area contributed by atoms with Gasteiger partial charge in [-0.15, -0.1) is 0 Å². The first-order valence-corrected chi connectivity index (χ1v) is 7.59. The summed E-state index contributed by atoms with van der Waals surface area (Å²) in [6.45, 7) is 2.87. The van der Waals surface area contributed by atoms with Gasteiger partial charge in [-0.05, 0) is 37.6 Å². The molecule has 0 radical (unpaired) electrons. The van der Waals surface area contributed by atoms with Gasteiger partial charge in [0.1, 0.15) is 17.4 Å². The Hall–Kier alpha value is -3.66. The number of nitrogens with zero attached hydrogens (tertiary/aromatic N) is 1. The number of carbonyl (C=O) groups is 3. The van der Waals surface area contributed by atoms with E-state index in [1.807, 2.05) is 6.07 Å². The number of nitriles is 1. The normalized spacial score (nSPS) is 10.4. The lowest BCUT2D eigenvalue weighted by atomic mass is 10.1. The summed E-state index contributed by atoms with van der Waals surface area (Å²) < 4.78 is 9.92. The van der Waals surface area contributed by atoms with Crippen molar-refractivity contribution in [1.82, 2.24) is 0 Å². The summed E-state index contributed by atoms with van der Waals surface area (Å²) in [6.07, 6.45) is 2.78. The minimum Gasteiger partial charge on any atom is -0.465 e. The molecule has 2 rings (SSSR count). The van der Waals surface area contributed by atoms with Crippen molar-refractivity contribution in [3.05, 3.63) is 58.4 Å². The van der Waals surface area contributed by atoms with Crippen LogP contribution in [0.15, 0.2) is 34.8 Å². The van der Waals surface area contributed by atoms with E-state index in [-0.39, 0.29) is 28.6 Å². The maximum atomic E-state index is 12.0. The fourth-order valence-corrected chi connectivity index (χ4v) is 2.34. The van der Waals surface area contributed by atoms with Crippen molar-refractivity contribution < 1.29 is 23.5 Å². The molecule has 26 heavy (non-hydrogen) atoms. The van der Waals surface area contributed by atoms with Gasteiger partial charge in [-0.25, -0.2) is 4.79 Å². The van der Waals surface area contributed by atoms with Crippen LogP contribution in [-0.2, 0) is 9.53 Å². The van der Waals surface area contributed by atoms with E-state index in [2.05, 4.69) is 10.1 Å². The van der Waals surface area contributed by atoms with Gasteiger partial charge in [0.25, 0.3) is 5.91 Å². The Morgan fingerprint density at radius 3 is 2.42 bits per heavy atom. The van der Waals surface area contributed by atoms with Crippen LogP contribution in [0.1, 0.15) is 44.5 Å². The number of ketones is 1. The summed E-state index contributed by atoms with van der Waals surface area (Å²) in [4.78, 5) is 35.0. The van der Waals surface area contributed by atoms with E-state index >= 15 is 0 Å². The predicted octanol–water partition coefficient (Wildman–Crippen LogP) is 3.10. The molecule has 1 amide bonds. The molecule has 0 aliphatic carbocycles. The molecule has 7 nitrogen and oxygen atoms in total. The van der Waals surface area contributed by atoms with E-state index in [9.17, 15) is 19.6 Å². The van der Waals surface area contributed by atoms with Crippen LogP contribution in [0.25, 0.3) is 6.08 Å². The number of amides is 1. The molecule has 0 aliphatic rings. The quantitative estimate of drug-likeness (QED) is 0.503. The van der Waals surface area contributed by atoms with Gasteiger partial charge >= 0.3 is 5.97 Å². The van der Waals surface area contributed by atoms with E-state index in [1.54, 1.807) is 31.2 Å². The summed E-state index contributed by atoms with van der Waals surface area (Å²) >= 11 is 0. The van der Waals surface area contributed by atoms with Crippen LogP contribution >= 0.6 is 0 Å². The fraction of sp³-hybridized carbons (Fsp3) is 0.158. The monoisotopic (exact) mass is 352 g/mol. The molecular weight excluding hydrogens is 336 g/mol. The number of Topliss-reactive ketones (excluding diaryl/α,β-unsaturated/α-hetero) is 1. The zero-order chi connectivity index (χ0) is 19.3. The highest BCUT2D eigenvalue weighted by atomic mass is 16.5. The Balaban J connectivity index is 2.13. The highest BCUT2D eigenvalue weighted by molar-refractivity contribution is 6.04. The lowest BCUT2D eigenvalue weighted by molar-refractivity contribution is -0.112. The highest BCUT2D eigenvalue weighted by Crippen LogP contribution is 2.26. The molecule has 7 heteroatoms. The van der Waals surface area contributed by atoms with Crippen molar-refractivity contribution >= 4 is 29.6 Å². The second-order valence-corrected chi connectivity index (χ2v) is 5.34. The third-order valence-electron chi connectivity index (χ3n) is 3.54. The summed E-state index contributed by atoms with van der Waals surface area (Å²) in [6, 6.07) is 8.33. The van der Waals surface area contributed by atoms with E-state index < -0.39 is 11.9 Å². The highest BCUT2D eigenvalue weighted by Gasteiger charge is 2.21.